The third-order valence-corrected chi connectivity index (χ3v) is 2.36. The second-order valence-electron chi connectivity index (χ2n) is 3.00. The zero-order valence-corrected chi connectivity index (χ0v) is 9.64. The number of nitrogens with two attached hydrogens (primary N) is 1. The number of carboxylic acids is 1. The number of carbonyl (C=O) groups excluding carboxylic acids is 1. The summed E-state index contributed by atoms with van der Waals surface area (Å²) in [6.07, 6.45) is 0.825. The van der Waals surface area contributed by atoms with Crippen LogP contribution in [-0.2, 0) is 14.4 Å². The minimum atomic E-state index is -0.902. The fraction of sp³-hybridized carbons (Fsp3) is 0.333. The highest BCUT2D eigenvalue weighted by Gasteiger charge is 2.07. The molecule has 3 N–H and O–H groups in total. The van der Waals surface area contributed by atoms with Crippen LogP contribution >= 0.6 is 11.3 Å². The Balaban J connectivity index is 2.45. The van der Waals surface area contributed by atoms with Crippen LogP contribution in [0.2, 0.25) is 0 Å². The molecule has 1 rings (SSSR count). The van der Waals surface area contributed by atoms with Crippen LogP contribution in [0.15, 0.2) is 10.5 Å². The lowest BCUT2D eigenvalue weighted by molar-refractivity contribution is -0.137. The van der Waals surface area contributed by atoms with E-state index in [0.29, 0.717) is 23.5 Å². The Morgan fingerprint density at radius 2 is 2.47 bits per heavy atom. The Morgan fingerprint density at radius 1 is 1.71 bits per heavy atom. The van der Waals surface area contributed by atoms with E-state index in [9.17, 15) is 9.59 Å². The van der Waals surface area contributed by atoms with E-state index in [4.69, 9.17) is 15.7 Å². The molecule has 1 heterocycles. The Morgan fingerprint density at radius 3 is 3.00 bits per heavy atom. The second kappa shape index (κ2) is 6.59. The number of anilines is 1. The molecule has 0 bridgehead atoms. The van der Waals surface area contributed by atoms with Crippen molar-refractivity contribution in [3.8, 4) is 0 Å². The molecule has 0 aliphatic carbocycles. The van der Waals surface area contributed by atoms with Crippen molar-refractivity contribution in [3.63, 3.8) is 0 Å². The molecule has 0 aromatic carbocycles. The summed E-state index contributed by atoms with van der Waals surface area (Å²) in [5.41, 5.74) is 5.79. The van der Waals surface area contributed by atoms with Crippen LogP contribution in [-0.4, -0.2) is 34.7 Å². The molecule has 0 aliphatic heterocycles. The highest BCUT2D eigenvalue weighted by atomic mass is 32.1. The van der Waals surface area contributed by atoms with Gasteiger partial charge in [-0.25, -0.2) is 4.98 Å². The van der Waals surface area contributed by atoms with E-state index in [1.165, 1.54) is 11.3 Å². The van der Waals surface area contributed by atoms with Gasteiger partial charge >= 0.3 is 5.97 Å². The maximum Gasteiger partial charge on any atom is 0.303 e. The van der Waals surface area contributed by atoms with Crippen molar-refractivity contribution in [3.05, 3.63) is 11.1 Å². The Hall–Kier alpha value is -1.96. The van der Waals surface area contributed by atoms with Gasteiger partial charge in [0.1, 0.15) is 12.3 Å². The smallest absolute Gasteiger partial charge is 0.303 e. The molecular formula is C9H11N3O4S. The number of thiazole rings is 1. The SMILES string of the molecule is Nc1nc(C(C=O)=NOCCCC(=O)O)cs1. The average molecular weight is 257 g/mol. The number of aliphatic carboxylic acids is 1. The van der Waals surface area contributed by atoms with Gasteiger partial charge in [0.25, 0.3) is 0 Å². The molecule has 92 valence electrons. The van der Waals surface area contributed by atoms with Crippen molar-refractivity contribution in [1.29, 1.82) is 0 Å². The summed E-state index contributed by atoms with van der Waals surface area (Å²) in [5, 5.41) is 13.9. The van der Waals surface area contributed by atoms with Gasteiger partial charge in [0.2, 0.25) is 0 Å². The third-order valence-electron chi connectivity index (χ3n) is 1.69. The van der Waals surface area contributed by atoms with Gasteiger partial charge in [0.15, 0.2) is 17.1 Å². The van der Waals surface area contributed by atoms with Crippen molar-refractivity contribution in [2.24, 2.45) is 5.16 Å². The van der Waals surface area contributed by atoms with E-state index >= 15 is 0 Å². The summed E-state index contributed by atoms with van der Waals surface area (Å²) >= 11 is 1.19. The molecule has 1 aromatic rings. The number of nitrogen functional groups attached to an aromatic ring is 1. The van der Waals surface area contributed by atoms with Crippen LogP contribution in [0.1, 0.15) is 18.5 Å². The molecule has 1 aromatic heterocycles. The molecule has 7 nitrogen and oxygen atoms in total. The molecule has 0 unspecified atom stereocenters. The number of rotatable bonds is 7. The summed E-state index contributed by atoms with van der Waals surface area (Å²) in [4.78, 5) is 29.6. The maximum atomic E-state index is 10.7. The molecule has 0 atom stereocenters. The first-order chi connectivity index (χ1) is 8.13. The number of carbonyl (C=O) groups is 2. The summed E-state index contributed by atoms with van der Waals surface area (Å²) < 4.78 is 0. The van der Waals surface area contributed by atoms with Gasteiger partial charge in [0.05, 0.1) is 0 Å². The average Bonchev–Trinajstić information content (AvgIpc) is 2.70. The number of hydrogen-bond acceptors (Lipinski definition) is 7. The normalized spacial score (nSPS) is 11.2. The third kappa shape index (κ3) is 4.60. The van der Waals surface area contributed by atoms with Gasteiger partial charge in [0, 0.05) is 11.8 Å². The van der Waals surface area contributed by atoms with Crippen LogP contribution in [0.4, 0.5) is 5.13 Å². The quantitative estimate of drug-likeness (QED) is 0.318. The lowest BCUT2D eigenvalue weighted by Gasteiger charge is -1.98. The second-order valence-corrected chi connectivity index (χ2v) is 3.89. The standard InChI is InChI=1S/C9H11N3O4S/c10-9-11-7(5-17-9)6(4-13)12-16-3-1-2-8(14)15/h4-5H,1-3H2,(H2,10,11)(H,14,15). The molecule has 0 amide bonds. The van der Waals surface area contributed by atoms with Gasteiger partial charge in [-0.15, -0.1) is 11.3 Å². The minimum absolute atomic E-state index is 0.00437. The summed E-state index contributed by atoms with van der Waals surface area (Å²) in [7, 11) is 0. The van der Waals surface area contributed by atoms with Gasteiger partial charge in [-0.2, -0.15) is 0 Å². The Bertz CT molecular complexity index is 430. The van der Waals surface area contributed by atoms with Gasteiger partial charge in [-0.3, -0.25) is 9.59 Å². The van der Waals surface area contributed by atoms with Crippen LogP contribution < -0.4 is 5.73 Å². The largest absolute Gasteiger partial charge is 0.481 e. The predicted octanol–water partition coefficient (Wildman–Crippen LogP) is 0.510. The predicted molar refractivity (Wildman–Crippen MR) is 61.9 cm³/mol. The van der Waals surface area contributed by atoms with Crippen molar-refractivity contribution in [2.75, 3.05) is 12.3 Å². The molecule has 0 fully saturated rings. The van der Waals surface area contributed by atoms with Crippen molar-refractivity contribution < 1.29 is 19.5 Å². The minimum Gasteiger partial charge on any atom is -0.481 e. The van der Waals surface area contributed by atoms with Crippen LogP contribution in [0.25, 0.3) is 0 Å². The van der Waals surface area contributed by atoms with Gasteiger partial charge in [-0.1, -0.05) is 5.16 Å². The first-order valence-electron chi connectivity index (χ1n) is 4.71. The number of carboxylic acid groups (broad SMARTS) is 1. The van der Waals surface area contributed by atoms with Crippen molar-refractivity contribution >= 4 is 34.4 Å². The maximum absolute atomic E-state index is 10.7. The number of hydrogen-bond donors (Lipinski definition) is 2. The molecule has 0 spiro atoms. The zero-order chi connectivity index (χ0) is 12.7. The lowest BCUT2D eigenvalue weighted by atomic mass is 10.3. The van der Waals surface area contributed by atoms with Gasteiger partial charge < -0.3 is 15.7 Å². The van der Waals surface area contributed by atoms with E-state index in [1.54, 1.807) is 5.38 Å². The van der Waals surface area contributed by atoms with Crippen molar-refractivity contribution in [2.45, 2.75) is 12.8 Å². The molecule has 17 heavy (non-hydrogen) atoms. The number of oxime groups is 1. The van der Waals surface area contributed by atoms with E-state index in [2.05, 4.69) is 10.1 Å². The highest BCUT2D eigenvalue weighted by Crippen LogP contribution is 2.11. The van der Waals surface area contributed by atoms with Gasteiger partial charge in [-0.05, 0) is 6.42 Å². The highest BCUT2D eigenvalue weighted by molar-refractivity contribution is 7.13. The molecule has 0 saturated heterocycles. The van der Waals surface area contributed by atoms with Crippen LogP contribution in [0, 0.1) is 0 Å². The van der Waals surface area contributed by atoms with Crippen molar-refractivity contribution in [1.82, 2.24) is 4.98 Å². The number of nitrogens with zero attached hydrogens (tertiary/aromatic N) is 2. The first-order valence-corrected chi connectivity index (χ1v) is 5.59. The van der Waals surface area contributed by atoms with E-state index in [-0.39, 0.29) is 18.7 Å². The number of aldehydes is 1. The van der Waals surface area contributed by atoms with Crippen LogP contribution in [0.3, 0.4) is 0 Å². The van der Waals surface area contributed by atoms with E-state index < -0.39 is 5.97 Å². The molecular weight excluding hydrogens is 246 g/mol. The fourth-order valence-electron chi connectivity index (χ4n) is 0.937. The molecule has 8 heteroatoms. The monoisotopic (exact) mass is 257 g/mol. The fourth-order valence-corrected chi connectivity index (χ4v) is 1.49. The molecule has 0 aliphatic rings. The molecule has 0 saturated carbocycles. The Labute approximate surface area is 101 Å². The summed E-state index contributed by atoms with van der Waals surface area (Å²) in [6, 6.07) is 0. The first kappa shape index (κ1) is 13.1. The van der Waals surface area contributed by atoms with Crippen LogP contribution in [0.5, 0.6) is 0 Å². The lowest BCUT2D eigenvalue weighted by Crippen LogP contribution is -2.05. The van der Waals surface area contributed by atoms with E-state index in [1.807, 2.05) is 0 Å². The summed E-state index contributed by atoms with van der Waals surface area (Å²) in [5.74, 6) is -0.902. The zero-order valence-electron chi connectivity index (χ0n) is 8.83. The topological polar surface area (TPSA) is 115 Å². The van der Waals surface area contributed by atoms with E-state index in [0.717, 1.165) is 0 Å². The molecule has 0 radical (unpaired) electrons. The summed E-state index contributed by atoms with van der Waals surface area (Å²) in [6.45, 7) is 0.128. The Kier molecular flexibility index (Phi) is 5.08. The number of aromatic nitrogens is 1.